The van der Waals surface area contributed by atoms with Crippen LogP contribution in [0.5, 0.6) is 0 Å². The second-order valence-electron chi connectivity index (χ2n) is 4.03. The Morgan fingerprint density at radius 3 is 2.67 bits per heavy atom. The minimum atomic E-state index is -3.43. The van der Waals surface area contributed by atoms with Crippen LogP contribution in [0.15, 0.2) is 27.6 Å². The number of hydrogen-bond donors (Lipinski definition) is 1. The Morgan fingerprint density at radius 2 is 2.06 bits per heavy atom. The van der Waals surface area contributed by atoms with E-state index in [0.29, 0.717) is 17.6 Å². The van der Waals surface area contributed by atoms with Gasteiger partial charge in [-0.3, -0.25) is 0 Å². The van der Waals surface area contributed by atoms with Gasteiger partial charge in [0.1, 0.15) is 0 Å². The number of methoxy groups -OCH3 is 1. The van der Waals surface area contributed by atoms with E-state index in [1.54, 1.807) is 25.3 Å². The van der Waals surface area contributed by atoms with Crippen molar-refractivity contribution in [2.75, 3.05) is 20.3 Å². The van der Waals surface area contributed by atoms with Crippen molar-refractivity contribution in [3.05, 3.63) is 28.2 Å². The fraction of sp³-hybridized carbons (Fsp3) is 0.500. The first kappa shape index (κ1) is 15.6. The second kappa shape index (κ2) is 7.23. The summed E-state index contributed by atoms with van der Waals surface area (Å²) < 4.78 is 32.1. The van der Waals surface area contributed by atoms with Crippen LogP contribution in [0.2, 0.25) is 0 Å². The smallest absolute Gasteiger partial charge is 0.241 e. The number of benzene rings is 1. The predicted octanol–water partition coefficient (Wildman–Crippen LogP) is 2.46. The van der Waals surface area contributed by atoms with E-state index in [0.717, 1.165) is 18.4 Å². The number of sulfonamides is 1. The third-order valence-corrected chi connectivity index (χ3v) is 4.88. The maximum Gasteiger partial charge on any atom is 0.241 e. The van der Waals surface area contributed by atoms with Crippen molar-refractivity contribution in [1.82, 2.24) is 4.72 Å². The van der Waals surface area contributed by atoms with Crippen molar-refractivity contribution in [1.29, 1.82) is 0 Å². The van der Waals surface area contributed by atoms with E-state index in [2.05, 4.69) is 20.7 Å². The van der Waals surface area contributed by atoms with Crippen LogP contribution in [-0.2, 0) is 14.8 Å². The van der Waals surface area contributed by atoms with Crippen LogP contribution in [-0.4, -0.2) is 28.7 Å². The van der Waals surface area contributed by atoms with Gasteiger partial charge in [-0.15, -0.1) is 0 Å². The van der Waals surface area contributed by atoms with E-state index < -0.39 is 10.0 Å². The molecule has 1 rings (SSSR count). The summed E-state index contributed by atoms with van der Waals surface area (Å²) >= 11 is 3.28. The Bertz CT molecular complexity index is 488. The summed E-state index contributed by atoms with van der Waals surface area (Å²) in [5.74, 6) is 0. The van der Waals surface area contributed by atoms with E-state index in [1.165, 1.54) is 0 Å². The molecule has 0 radical (unpaired) electrons. The lowest BCUT2D eigenvalue weighted by atomic mass is 10.2. The fourth-order valence-electron chi connectivity index (χ4n) is 1.48. The number of nitrogens with one attached hydrogen (secondary N) is 1. The molecular formula is C12H18BrNO3S. The molecule has 0 amide bonds. The Balaban J connectivity index is 2.63. The lowest BCUT2D eigenvalue weighted by Gasteiger charge is -2.09. The molecule has 0 saturated carbocycles. The minimum Gasteiger partial charge on any atom is -0.385 e. The lowest BCUT2D eigenvalue weighted by molar-refractivity contribution is 0.193. The first-order chi connectivity index (χ1) is 8.47. The minimum absolute atomic E-state index is 0.278. The highest BCUT2D eigenvalue weighted by atomic mass is 79.9. The topological polar surface area (TPSA) is 55.4 Å². The van der Waals surface area contributed by atoms with Crippen molar-refractivity contribution in [3.63, 3.8) is 0 Å². The lowest BCUT2D eigenvalue weighted by Crippen LogP contribution is -2.25. The standard InChI is InChI=1S/C12H18BrNO3S/c1-10-5-6-12(11(13)9-10)18(15,16)14-7-3-4-8-17-2/h5-6,9,14H,3-4,7-8H2,1-2H3. The Hall–Kier alpha value is -0.430. The maximum absolute atomic E-state index is 12.0. The van der Waals surface area contributed by atoms with E-state index in [9.17, 15) is 8.42 Å². The Morgan fingerprint density at radius 1 is 1.33 bits per heavy atom. The molecular weight excluding hydrogens is 318 g/mol. The van der Waals surface area contributed by atoms with Crippen LogP contribution in [0, 0.1) is 6.92 Å². The zero-order chi connectivity index (χ0) is 13.6. The molecule has 0 fully saturated rings. The van der Waals surface area contributed by atoms with Gasteiger partial charge in [0, 0.05) is 24.7 Å². The van der Waals surface area contributed by atoms with Crippen molar-refractivity contribution < 1.29 is 13.2 Å². The molecule has 102 valence electrons. The van der Waals surface area contributed by atoms with Crippen LogP contribution < -0.4 is 4.72 Å². The second-order valence-corrected chi connectivity index (χ2v) is 6.62. The number of hydrogen-bond acceptors (Lipinski definition) is 3. The number of rotatable bonds is 7. The average Bonchev–Trinajstić information content (AvgIpc) is 2.28. The monoisotopic (exact) mass is 335 g/mol. The molecule has 0 spiro atoms. The van der Waals surface area contributed by atoms with Crippen LogP contribution in [0.25, 0.3) is 0 Å². The van der Waals surface area contributed by atoms with Crippen LogP contribution in [0.1, 0.15) is 18.4 Å². The molecule has 4 nitrogen and oxygen atoms in total. The van der Waals surface area contributed by atoms with Crippen molar-refractivity contribution in [3.8, 4) is 0 Å². The summed E-state index contributed by atoms with van der Waals surface area (Å²) in [5.41, 5.74) is 1.01. The average molecular weight is 336 g/mol. The van der Waals surface area contributed by atoms with Gasteiger partial charge in [-0.2, -0.15) is 0 Å². The Labute approximate surface area is 117 Å². The highest BCUT2D eigenvalue weighted by Gasteiger charge is 2.16. The highest BCUT2D eigenvalue weighted by Crippen LogP contribution is 2.22. The molecule has 0 aliphatic heterocycles. The molecule has 18 heavy (non-hydrogen) atoms. The molecule has 1 N–H and O–H groups in total. The van der Waals surface area contributed by atoms with E-state index >= 15 is 0 Å². The van der Waals surface area contributed by atoms with Gasteiger partial charge < -0.3 is 4.74 Å². The SMILES string of the molecule is COCCCCNS(=O)(=O)c1ccc(C)cc1Br. The van der Waals surface area contributed by atoms with Gasteiger partial charge >= 0.3 is 0 Å². The van der Waals surface area contributed by atoms with Crippen molar-refractivity contribution in [2.24, 2.45) is 0 Å². The Kier molecular flexibility index (Phi) is 6.28. The molecule has 0 aliphatic carbocycles. The van der Waals surface area contributed by atoms with Gasteiger partial charge in [0.25, 0.3) is 0 Å². The van der Waals surface area contributed by atoms with Crippen LogP contribution in [0.3, 0.4) is 0 Å². The quantitative estimate of drug-likeness (QED) is 0.778. The van der Waals surface area contributed by atoms with Crippen LogP contribution >= 0.6 is 15.9 Å². The van der Waals surface area contributed by atoms with E-state index in [-0.39, 0.29) is 4.90 Å². The van der Waals surface area contributed by atoms with E-state index in [1.807, 2.05) is 6.92 Å². The number of ether oxygens (including phenoxy) is 1. The molecule has 0 aromatic heterocycles. The largest absolute Gasteiger partial charge is 0.385 e. The molecule has 1 aromatic rings. The first-order valence-corrected chi connectivity index (χ1v) is 8.00. The fourth-order valence-corrected chi connectivity index (χ4v) is 3.74. The molecule has 0 heterocycles. The van der Waals surface area contributed by atoms with E-state index in [4.69, 9.17) is 4.74 Å². The normalized spacial score (nSPS) is 11.7. The molecule has 0 bridgehead atoms. The summed E-state index contributed by atoms with van der Waals surface area (Å²) in [5, 5.41) is 0. The van der Waals surface area contributed by atoms with Crippen molar-refractivity contribution in [2.45, 2.75) is 24.7 Å². The number of aryl methyl sites for hydroxylation is 1. The first-order valence-electron chi connectivity index (χ1n) is 5.72. The van der Waals surface area contributed by atoms with Gasteiger partial charge in [0.2, 0.25) is 10.0 Å². The van der Waals surface area contributed by atoms with Crippen molar-refractivity contribution >= 4 is 26.0 Å². The molecule has 0 aliphatic rings. The molecule has 1 aromatic carbocycles. The summed E-state index contributed by atoms with van der Waals surface area (Å²) in [6.45, 7) is 2.99. The van der Waals surface area contributed by atoms with Gasteiger partial charge in [-0.25, -0.2) is 13.1 Å². The van der Waals surface area contributed by atoms with Gasteiger partial charge in [-0.05, 0) is 53.4 Å². The summed E-state index contributed by atoms with van der Waals surface area (Å²) in [6, 6.07) is 5.18. The number of unbranched alkanes of at least 4 members (excludes halogenated alkanes) is 1. The zero-order valence-electron chi connectivity index (χ0n) is 10.6. The van der Waals surface area contributed by atoms with Gasteiger partial charge in [0.05, 0.1) is 4.90 Å². The molecule has 0 unspecified atom stereocenters. The third-order valence-electron chi connectivity index (χ3n) is 2.44. The summed E-state index contributed by atoms with van der Waals surface area (Å²) in [6.07, 6.45) is 1.60. The summed E-state index contributed by atoms with van der Waals surface area (Å²) in [7, 11) is -1.80. The van der Waals surface area contributed by atoms with Gasteiger partial charge in [-0.1, -0.05) is 6.07 Å². The maximum atomic E-state index is 12.0. The molecule has 0 atom stereocenters. The highest BCUT2D eigenvalue weighted by molar-refractivity contribution is 9.10. The van der Waals surface area contributed by atoms with Gasteiger partial charge in [0.15, 0.2) is 0 Å². The molecule has 6 heteroatoms. The number of halogens is 1. The van der Waals surface area contributed by atoms with Crippen LogP contribution in [0.4, 0.5) is 0 Å². The molecule has 0 saturated heterocycles. The third kappa shape index (κ3) is 4.68. The predicted molar refractivity (Wildman–Crippen MR) is 75.2 cm³/mol. The zero-order valence-corrected chi connectivity index (χ0v) is 13.0. The summed E-state index contributed by atoms with van der Waals surface area (Å²) in [4.78, 5) is 0.278.